The zero-order valence-electron chi connectivity index (χ0n) is 14.5. The van der Waals surface area contributed by atoms with Crippen molar-refractivity contribution in [1.82, 2.24) is 14.3 Å². The molecule has 0 N–H and O–H groups in total. The summed E-state index contributed by atoms with van der Waals surface area (Å²) in [5, 5.41) is 0. The summed E-state index contributed by atoms with van der Waals surface area (Å²) >= 11 is 0. The highest BCUT2D eigenvalue weighted by molar-refractivity contribution is 7.89. The number of sulfonamides is 1. The monoisotopic (exact) mass is 378 g/mol. The molecule has 1 aromatic heterocycles. The zero-order valence-corrected chi connectivity index (χ0v) is 15.3. The van der Waals surface area contributed by atoms with Gasteiger partial charge in [0, 0.05) is 36.9 Å². The molecular weight excluding hydrogens is 359 g/mol. The zero-order chi connectivity index (χ0) is 18.5. The Morgan fingerprint density at radius 3 is 2.58 bits per heavy atom. The molecule has 7 nitrogen and oxygen atoms in total. The fourth-order valence-corrected chi connectivity index (χ4v) is 5.72. The molecule has 0 radical (unpaired) electrons. The van der Waals surface area contributed by atoms with Crippen molar-refractivity contribution < 1.29 is 17.5 Å². The molecule has 3 fully saturated rings. The molecule has 2 atom stereocenters. The molecule has 3 saturated heterocycles. The number of nitrogens with zero attached hydrogens (tertiary/aromatic N) is 4. The number of methoxy groups -OCH3 is 1. The Morgan fingerprint density at radius 2 is 1.92 bits per heavy atom. The Labute approximate surface area is 151 Å². The molecule has 5 rings (SSSR count). The highest BCUT2D eigenvalue weighted by atomic mass is 32.2. The van der Waals surface area contributed by atoms with E-state index in [2.05, 4.69) is 14.9 Å². The first-order chi connectivity index (χ1) is 12.4. The van der Waals surface area contributed by atoms with E-state index in [0.29, 0.717) is 13.1 Å². The van der Waals surface area contributed by atoms with Gasteiger partial charge in [0.2, 0.25) is 10.0 Å². The number of ether oxygens (including phenoxy) is 1. The van der Waals surface area contributed by atoms with Gasteiger partial charge in [-0.05, 0) is 31.5 Å². The molecule has 2 unspecified atom stereocenters. The smallest absolute Gasteiger partial charge is 0.247 e. The fraction of sp³-hybridized carbons (Fsp3) is 0.412. The van der Waals surface area contributed by atoms with Gasteiger partial charge in [0.1, 0.15) is 28.6 Å². The predicted molar refractivity (Wildman–Crippen MR) is 93.2 cm³/mol. The Hall–Kier alpha value is -2.26. The lowest BCUT2D eigenvalue weighted by atomic mass is 9.91. The molecule has 26 heavy (non-hydrogen) atoms. The largest absolute Gasteiger partial charge is 0.495 e. The molecule has 2 bridgehead atoms. The first kappa shape index (κ1) is 17.2. The Bertz CT molecular complexity index is 941. The minimum Gasteiger partial charge on any atom is -0.495 e. The maximum absolute atomic E-state index is 13.6. The third-order valence-electron chi connectivity index (χ3n) is 4.92. The maximum Gasteiger partial charge on any atom is 0.247 e. The van der Waals surface area contributed by atoms with Crippen LogP contribution in [-0.4, -0.2) is 55.0 Å². The second kappa shape index (κ2) is 6.17. The third-order valence-corrected chi connectivity index (χ3v) is 6.95. The Morgan fingerprint density at radius 1 is 1.19 bits per heavy atom. The number of aromatic nitrogens is 2. The quantitative estimate of drug-likeness (QED) is 0.804. The van der Waals surface area contributed by atoms with Crippen molar-refractivity contribution in [3.05, 3.63) is 42.1 Å². The van der Waals surface area contributed by atoms with Crippen LogP contribution in [0.5, 0.6) is 5.75 Å². The second-order valence-corrected chi connectivity index (χ2v) is 8.41. The fourth-order valence-electron chi connectivity index (χ4n) is 3.73. The molecular formula is C17H19FN4O3S. The molecule has 3 aliphatic heterocycles. The van der Waals surface area contributed by atoms with E-state index in [1.807, 2.05) is 13.0 Å². The van der Waals surface area contributed by atoms with Crippen LogP contribution in [0.4, 0.5) is 10.2 Å². The Kier molecular flexibility index (Phi) is 4.07. The lowest BCUT2D eigenvalue weighted by Gasteiger charge is -2.55. The van der Waals surface area contributed by atoms with E-state index in [1.165, 1.54) is 29.9 Å². The van der Waals surface area contributed by atoms with Crippen LogP contribution in [0.15, 0.2) is 35.5 Å². The van der Waals surface area contributed by atoms with Crippen molar-refractivity contribution >= 4 is 15.8 Å². The summed E-state index contributed by atoms with van der Waals surface area (Å²) < 4.78 is 46.4. The summed E-state index contributed by atoms with van der Waals surface area (Å²) in [6.45, 7) is 2.98. The normalized spacial score (nSPS) is 22.8. The van der Waals surface area contributed by atoms with Gasteiger partial charge in [-0.2, -0.15) is 4.31 Å². The number of anilines is 1. The minimum absolute atomic E-state index is 0.124. The molecule has 4 heterocycles. The topological polar surface area (TPSA) is 75.6 Å². The van der Waals surface area contributed by atoms with E-state index in [0.717, 1.165) is 24.0 Å². The van der Waals surface area contributed by atoms with Gasteiger partial charge >= 0.3 is 0 Å². The highest BCUT2D eigenvalue weighted by Gasteiger charge is 2.52. The molecule has 0 amide bonds. The number of hydrogen-bond donors (Lipinski definition) is 0. The van der Waals surface area contributed by atoms with Crippen molar-refractivity contribution in [2.24, 2.45) is 0 Å². The summed E-state index contributed by atoms with van der Waals surface area (Å²) in [5.74, 6) is 0.348. The lowest BCUT2D eigenvalue weighted by Crippen LogP contribution is -2.70. The number of piperidine rings is 1. The van der Waals surface area contributed by atoms with Crippen LogP contribution < -0.4 is 9.64 Å². The van der Waals surface area contributed by atoms with Gasteiger partial charge in [0.05, 0.1) is 7.11 Å². The van der Waals surface area contributed by atoms with Crippen molar-refractivity contribution in [3.63, 3.8) is 0 Å². The van der Waals surface area contributed by atoms with Crippen molar-refractivity contribution in [3.8, 4) is 5.75 Å². The number of aryl methyl sites for hydroxylation is 1. The van der Waals surface area contributed by atoms with E-state index >= 15 is 0 Å². The lowest BCUT2D eigenvalue weighted by molar-refractivity contribution is 0.0872. The minimum atomic E-state index is -3.83. The van der Waals surface area contributed by atoms with E-state index in [-0.39, 0.29) is 22.7 Å². The van der Waals surface area contributed by atoms with E-state index in [4.69, 9.17) is 4.74 Å². The molecule has 1 aromatic carbocycles. The van der Waals surface area contributed by atoms with Crippen LogP contribution in [0, 0.1) is 12.7 Å². The first-order valence-corrected chi connectivity index (χ1v) is 9.75. The summed E-state index contributed by atoms with van der Waals surface area (Å²) in [6, 6.07) is 5.11. The van der Waals surface area contributed by atoms with Crippen LogP contribution in [0.2, 0.25) is 0 Å². The first-order valence-electron chi connectivity index (χ1n) is 8.31. The SMILES string of the molecule is COc1ccc(F)cc1S(=O)(=O)N1C2CC1CN(c1cc(C)ncn1)C2. The molecule has 2 aromatic rings. The third kappa shape index (κ3) is 2.71. The van der Waals surface area contributed by atoms with E-state index in [9.17, 15) is 12.8 Å². The van der Waals surface area contributed by atoms with Gasteiger partial charge in [-0.1, -0.05) is 0 Å². The predicted octanol–water partition coefficient (Wildman–Crippen LogP) is 1.58. The second-order valence-electron chi connectivity index (χ2n) is 6.60. The standard InChI is InChI=1S/C17H19FN4O3S/c1-11-5-17(20-10-19-11)21-8-13-7-14(9-21)22(13)26(23,24)16-6-12(18)3-4-15(16)25-2/h3-6,10,13-14H,7-9H2,1-2H3. The highest BCUT2D eigenvalue weighted by Crippen LogP contribution is 2.40. The van der Waals surface area contributed by atoms with Crippen LogP contribution in [0.1, 0.15) is 12.1 Å². The number of benzene rings is 1. The molecule has 3 aliphatic rings. The van der Waals surface area contributed by atoms with E-state index < -0.39 is 15.8 Å². The summed E-state index contributed by atoms with van der Waals surface area (Å²) in [6.07, 6.45) is 2.30. The van der Waals surface area contributed by atoms with Crippen LogP contribution in [-0.2, 0) is 10.0 Å². The molecule has 138 valence electrons. The van der Waals surface area contributed by atoms with Gasteiger partial charge in [-0.3, -0.25) is 0 Å². The molecule has 0 spiro atoms. The number of hydrogen-bond acceptors (Lipinski definition) is 6. The van der Waals surface area contributed by atoms with Crippen LogP contribution >= 0.6 is 0 Å². The summed E-state index contributed by atoms with van der Waals surface area (Å²) in [5.41, 5.74) is 0.864. The number of piperazine rings is 1. The van der Waals surface area contributed by atoms with E-state index in [1.54, 1.807) is 0 Å². The molecule has 0 aliphatic carbocycles. The van der Waals surface area contributed by atoms with Gasteiger partial charge in [-0.15, -0.1) is 0 Å². The molecule has 0 saturated carbocycles. The van der Waals surface area contributed by atoms with Gasteiger partial charge in [-0.25, -0.2) is 22.8 Å². The van der Waals surface area contributed by atoms with Crippen molar-refractivity contribution in [2.45, 2.75) is 30.3 Å². The van der Waals surface area contributed by atoms with Crippen molar-refractivity contribution in [1.29, 1.82) is 0 Å². The van der Waals surface area contributed by atoms with Crippen LogP contribution in [0.3, 0.4) is 0 Å². The van der Waals surface area contributed by atoms with Gasteiger partial charge in [0.15, 0.2) is 0 Å². The summed E-state index contributed by atoms with van der Waals surface area (Å²) in [7, 11) is -2.45. The summed E-state index contributed by atoms with van der Waals surface area (Å²) in [4.78, 5) is 10.3. The number of rotatable bonds is 4. The molecule has 9 heteroatoms. The van der Waals surface area contributed by atoms with Crippen LogP contribution in [0.25, 0.3) is 0 Å². The van der Waals surface area contributed by atoms with Crippen molar-refractivity contribution in [2.75, 3.05) is 25.1 Å². The number of halogens is 1. The maximum atomic E-state index is 13.6. The average molecular weight is 378 g/mol. The number of fused-ring (bicyclic) bond motifs is 2. The van der Waals surface area contributed by atoms with Gasteiger partial charge in [0.25, 0.3) is 0 Å². The Balaban J connectivity index is 1.61. The average Bonchev–Trinajstić information content (AvgIpc) is 2.61. The van der Waals surface area contributed by atoms with Gasteiger partial charge < -0.3 is 9.64 Å².